The molecule has 0 bridgehead atoms. The Morgan fingerprint density at radius 2 is 2.21 bits per heavy atom. The van der Waals surface area contributed by atoms with Crippen molar-refractivity contribution in [2.24, 2.45) is 0 Å². The van der Waals surface area contributed by atoms with Gasteiger partial charge in [-0.2, -0.15) is 0 Å². The van der Waals surface area contributed by atoms with Crippen LogP contribution in [-0.2, 0) is 0 Å². The fourth-order valence-corrected chi connectivity index (χ4v) is 3.04. The van der Waals surface area contributed by atoms with E-state index in [2.05, 4.69) is 54.7 Å². The highest BCUT2D eigenvalue weighted by Crippen LogP contribution is 2.36. The molecule has 2 heterocycles. The van der Waals surface area contributed by atoms with E-state index in [-0.39, 0.29) is 0 Å². The van der Waals surface area contributed by atoms with E-state index in [1.165, 1.54) is 31.4 Å². The summed E-state index contributed by atoms with van der Waals surface area (Å²) >= 11 is 0. The van der Waals surface area contributed by atoms with Gasteiger partial charge in [0.05, 0.1) is 0 Å². The van der Waals surface area contributed by atoms with Gasteiger partial charge < -0.3 is 4.90 Å². The van der Waals surface area contributed by atoms with Crippen LogP contribution in [0.5, 0.6) is 0 Å². The van der Waals surface area contributed by atoms with Crippen LogP contribution in [0.2, 0.25) is 0 Å². The van der Waals surface area contributed by atoms with E-state index < -0.39 is 0 Å². The van der Waals surface area contributed by atoms with Gasteiger partial charge in [-0.1, -0.05) is 12.5 Å². The molecular weight excluding hydrogens is 234 g/mol. The molecule has 3 heteroatoms. The zero-order chi connectivity index (χ0) is 13.8. The molecule has 2 rings (SSSR count). The number of hydrogen-bond acceptors (Lipinski definition) is 3. The Kier molecular flexibility index (Phi) is 4.81. The summed E-state index contributed by atoms with van der Waals surface area (Å²) in [5.41, 5.74) is 1.40. The highest BCUT2D eigenvalue weighted by molar-refractivity contribution is 5.47. The van der Waals surface area contributed by atoms with Crippen LogP contribution < -0.4 is 4.90 Å². The molecule has 0 radical (unpaired) electrons. The molecule has 1 aromatic rings. The third-order valence-electron chi connectivity index (χ3n) is 4.22. The smallest absolute Gasteiger partial charge is 0.133 e. The van der Waals surface area contributed by atoms with E-state index in [0.717, 1.165) is 12.4 Å². The summed E-state index contributed by atoms with van der Waals surface area (Å²) in [7, 11) is 2.13. The van der Waals surface area contributed by atoms with Crippen molar-refractivity contribution in [3.05, 3.63) is 23.9 Å². The molecular formula is C16H27N3. The van der Waals surface area contributed by atoms with Crippen LogP contribution in [0.4, 0.5) is 5.82 Å². The fraction of sp³-hybridized carbons (Fsp3) is 0.688. The Morgan fingerprint density at radius 3 is 2.89 bits per heavy atom. The number of pyridine rings is 1. The predicted molar refractivity (Wildman–Crippen MR) is 81.6 cm³/mol. The van der Waals surface area contributed by atoms with Crippen LogP contribution in [0.1, 0.15) is 51.6 Å². The normalized spacial score (nSPS) is 20.8. The van der Waals surface area contributed by atoms with Gasteiger partial charge in [-0.05, 0) is 46.2 Å². The third-order valence-corrected chi connectivity index (χ3v) is 4.22. The number of piperidine rings is 1. The van der Waals surface area contributed by atoms with Crippen molar-refractivity contribution < 1.29 is 0 Å². The van der Waals surface area contributed by atoms with Crippen LogP contribution in [0.25, 0.3) is 0 Å². The minimum absolute atomic E-state index is 0.534. The molecule has 1 aromatic heterocycles. The summed E-state index contributed by atoms with van der Waals surface area (Å²) in [5, 5.41) is 0. The van der Waals surface area contributed by atoms with Gasteiger partial charge in [0, 0.05) is 37.4 Å². The second-order valence-electron chi connectivity index (χ2n) is 5.77. The summed E-state index contributed by atoms with van der Waals surface area (Å²) in [4.78, 5) is 9.50. The Balaban J connectivity index is 2.33. The summed E-state index contributed by atoms with van der Waals surface area (Å²) in [6.07, 6.45) is 5.83. The Labute approximate surface area is 117 Å². The first kappa shape index (κ1) is 14.3. The molecule has 0 aliphatic carbocycles. The van der Waals surface area contributed by atoms with E-state index in [1.54, 1.807) is 0 Å². The zero-order valence-corrected chi connectivity index (χ0v) is 12.8. The standard InChI is InChI=1S/C16H27N3/c1-5-18(4)16-14(9-8-11-17-16)15-10-6-7-12-19(15)13(2)3/h8-9,11,13,15H,5-7,10,12H2,1-4H3/t15-/m0/s1. The first-order valence-corrected chi connectivity index (χ1v) is 7.57. The van der Waals surface area contributed by atoms with Gasteiger partial charge in [-0.25, -0.2) is 4.98 Å². The second-order valence-corrected chi connectivity index (χ2v) is 5.77. The van der Waals surface area contributed by atoms with E-state index in [0.29, 0.717) is 12.1 Å². The van der Waals surface area contributed by atoms with Crippen LogP contribution in [0, 0.1) is 0 Å². The van der Waals surface area contributed by atoms with Crippen LogP contribution in [0.15, 0.2) is 18.3 Å². The maximum absolute atomic E-state index is 4.62. The number of aromatic nitrogens is 1. The highest BCUT2D eigenvalue weighted by Gasteiger charge is 2.28. The van der Waals surface area contributed by atoms with Crippen LogP contribution in [-0.4, -0.2) is 36.1 Å². The van der Waals surface area contributed by atoms with Gasteiger partial charge in [0.15, 0.2) is 0 Å². The lowest BCUT2D eigenvalue weighted by Gasteiger charge is -2.40. The first-order valence-electron chi connectivity index (χ1n) is 7.57. The van der Waals surface area contributed by atoms with Crippen molar-refractivity contribution in [1.29, 1.82) is 0 Å². The molecule has 106 valence electrons. The minimum atomic E-state index is 0.534. The average molecular weight is 261 g/mol. The Morgan fingerprint density at radius 1 is 1.42 bits per heavy atom. The molecule has 1 saturated heterocycles. The Hall–Kier alpha value is -1.09. The lowest BCUT2D eigenvalue weighted by Crippen LogP contribution is -2.39. The van der Waals surface area contributed by atoms with Gasteiger partial charge >= 0.3 is 0 Å². The third kappa shape index (κ3) is 3.08. The topological polar surface area (TPSA) is 19.4 Å². The molecule has 0 N–H and O–H groups in total. The summed E-state index contributed by atoms with van der Waals surface area (Å²) in [6, 6.07) is 5.48. The van der Waals surface area contributed by atoms with Gasteiger partial charge in [0.25, 0.3) is 0 Å². The number of nitrogens with zero attached hydrogens (tertiary/aromatic N) is 3. The molecule has 1 aliphatic rings. The second kappa shape index (κ2) is 6.38. The summed E-state index contributed by atoms with van der Waals surface area (Å²) in [5.74, 6) is 1.16. The van der Waals surface area contributed by atoms with Crippen LogP contribution >= 0.6 is 0 Å². The molecule has 1 aliphatic heterocycles. The monoisotopic (exact) mass is 261 g/mol. The lowest BCUT2D eigenvalue weighted by molar-refractivity contribution is 0.112. The number of anilines is 1. The van der Waals surface area contributed by atoms with Crippen molar-refractivity contribution in [1.82, 2.24) is 9.88 Å². The zero-order valence-electron chi connectivity index (χ0n) is 12.8. The lowest BCUT2D eigenvalue weighted by atomic mass is 9.94. The molecule has 0 aromatic carbocycles. The van der Waals surface area contributed by atoms with Crippen LogP contribution in [0.3, 0.4) is 0 Å². The number of rotatable bonds is 4. The Bertz CT molecular complexity index is 403. The highest BCUT2D eigenvalue weighted by atomic mass is 15.2. The summed E-state index contributed by atoms with van der Waals surface area (Å²) in [6.45, 7) is 9.00. The SMILES string of the molecule is CCN(C)c1ncccc1[C@@H]1CCCCN1C(C)C. The van der Waals surface area contributed by atoms with E-state index in [4.69, 9.17) is 0 Å². The minimum Gasteiger partial charge on any atom is -0.360 e. The molecule has 1 fully saturated rings. The largest absolute Gasteiger partial charge is 0.360 e. The van der Waals surface area contributed by atoms with Gasteiger partial charge in [-0.3, -0.25) is 4.90 Å². The van der Waals surface area contributed by atoms with Crippen molar-refractivity contribution in [2.45, 2.75) is 52.1 Å². The maximum Gasteiger partial charge on any atom is 0.133 e. The van der Waals surface area contributed by atoms with E-state index in [1.807, 2.05) is 6.20 Å². The van der Waals surface area contributed by atoms with E-state index >= 15 is 0 Å². The molecule has 0 spiro atoms. The first-order chi connectivity index (χ1) is 9.15. The van der Waals surface area contributed by atoms with Crippen molar-refractivity contribution >= 4 is 5.82 Å². The predicted octanol–water partition coefficient (Wildman–Crippen LogP) is 3.47. The van der Waals surface area contributed by atoms with Gasteiger partial charge in [0.1, 0.15) is 5.82 Å². The van der Waals surface area contributed by atoms with Gasteiger partial charge in [-0.15, -0.1) is 0 Å². The molecule has 3 nitrogen and oxygen atoms in total. The van der Waals surface area contributed by atoms with Gasteiger partial charge in [0.2, 0.25) is 0 Å². The molecule has 19 heavy (non-hydrogen) atoms. The fourth-order valence-electron chi connectivity index (χ4n) is 3.04. The number of likely N-dealkylation sites (tertiary alicyclic amines) is 1. The molecule has 1 atom stereocenters. The number of hydrogen-bond donors (Lipinski definition) is 0. The molecule has 0 amide bonds. The van der Waals surface area contributed by atoms with Crippen molar-refractivity contribution in [3.63, 3.8) is 0 Å². The molecule has 0 unspecified atom stereocenters. The maximum atomic E-state index is 4.62. The van der Waals surface area contributed by atoms with E-state index in [9.17, 15) is 0 Å². The molecule has 0 saturated carbocycles. The summed E-state index contributed by atoms with van der Waals surface area (Å²) < 4.78 is 0. The van der Waals surface area contributed by atoms with Crippen molar-refractivity contribution in [2.75, 3.05) is 25.0 Å². The average Bonchev–Trinajstić information content (AvgIpc) is 2.46. The quantitative estimate of drug-likeness (QED) is 0.827. The van der Waals surface area contributed by atoms with Crippen molar-refractivity contribution in [3.8, 4) is 0 Å².